The van der Waals surface area contributed by atoms with Crippen LogP contribution in [0.4, 0.5) is 18.9 Å². The number of nitrogens with one attached hydrogen (secondary N) is 1. The van der Waals surface area contributed by atoms with Crippen LogP contribution in [0.2, 0.25) is 0 Å². The first-order valence-electron chi connectivity index (χ1n) is 10.2. The molecule has 0 aromatic heterocycles. The number of carbonyl (C=O) groups excluding carboxylic acids is 3. The number of halogens is 3. The molecule has 10 heteroatoms. The summed E-state index contributed by atoms with van der Waals surface area (Å²) in [7, 11) is 0. The van der Waals surface area contributed by atoms with E-state index in [1.165, 1.54) is 30.0 Å². The van der Waals surface area contributed by atoms with Crippen LogP contribution in [0.5, 0.6) is 5.75 Å². The largest absolute Gasteiger partial charge is 0.573 e. The van der Waals surface area contributed by atoms with Crippen LogP contribution in [-0.2, 0) is 27.2 Å². The third-order valence-electron chi connectivity index (χ3n) is 5.31. The number of aryl methyl sites for hydroxylation is 1. The molecule has 175 valence electrons. The molecule has 0 unspecified atom stereocenters. The maximum Gasteiger partial charge on any atom is 0.573 e. The number of amides is 3. The molecule has 3 rings (SSSR count). The summed E-state index contributed by atoms with van der Waals surface area (Å²) in [4.78, 5) is 38.9. The molecular weight excluding hydrogens is 439 g/mol. The lowest BCUT2D eigenvalue weighted by molar-refractivity contribution is -0.274. The zero-order valence-electron chi connectivity index (χ0n) is 17.8. The highest BCUT2D eigenvalue weighted by atomic mass is 19.4. The van der Waals surface area contributed by atoms with Gasteiger partial charge in [-0.2, -0.15) is 0 Å². The summed E-state index contributed by atoms with van der Waals surface area (Å²) in [5, 5.41) is 2.60. The number of nitrogens with two attached hydrogens (primary N) is 1. The standard InChI is InChI=1S/C23H23F3N3O4/c1-14(21(27)31)29-18-8-4-2-6-15(18)10-12-17(22(29)32)28-20(30)13-11-16-7-3-5-9-19(16)33-23(24,25)26/h2-9,13-14,17H,10-12H2,1H3,(H2,27,31)(H,28,30)/t14-,17-/m1/s1. The van der Waals surface area contributed by atoms with Crippen LogP contribution >= 0.6 is 0 Å². The Morgan fingerprint density at radius 2 is 1.88 bits per heavy atom. The van der Waals surface area contributed by atoms with Crippen LogP contribution in [0.15, 0.2) is 48.5 Å². The zero-order chi connectivity index (χ0) is 24.2. The Kier molecular flexibility index (Phi) is 7.25. The van der Waals surface area contributed by atoms with E-state index in [0.717, 1.165) is 18.1 Å². The minimum atomic E-state index is -4.86. The van der Waals surface area contributed by atoms with Crippen molar-refractivity contribution in [1.82, 2.24) is 5.32 Å². The van der Waals surface area contributed by atoms with Crippen molar-refractivity contribution in [2.24, 2.45) is 5.73 Å². The topological polar surface area (TPSA) is 102 Å². The second-order valence-electron chi connectivity index (χ2n) is 7.58. The number of anilines is 1. The first-order chi connectivity index (χ1) is 15.6. The summed E-state index contributed by atoms with van der Waals surface area (Å²) in [5.41, 5.74) is 6.98. The van der Waals surface area contributed by atoms with Crippen LogP contribution in [-0.4, -0.2) is 36.2 Å². The van der Waals surface area contributed by atoms with Gasteiger partial charge in [-0.25, -0.2) is 0 Å². The molecule has 0 saturated heterocycles. The molecule has 1 heterocycles. The first kappa shape index (κ1) is 24.1. The Morgan fingerprint density at radius 1 is 1.21 bits per heavy atom. The van der Waals surface area contributed by atoms with Gasteiger partial charge in [-0.05, 0) is 49.4 Å². The summed E-state index contributed by atoms with van der Waals surface area (Å²) in [6.45, 7) is 1.50. The predicted molar refractivity (Wildman–Crippen MR) is 114 cm³/mol. The molecule has 3 N–H and O–H groups in total. The smallest absolute Gasteiger partial charge is 0.406 e. The first-order valence-corrected chi connectivity index (χ1v) is 10.2. The lowest BCUT2D eigenvalue weighted by atomic mass is 10.1. The Morgan fingerprint density at radius 3 is 2.58 bits per heavy atom. The van der Waals surface area contributed by atoms with Gasteiger partial charge in [0.2, 0.25) is 17.7 Å². The molecule has 3 amide bonds. The Bertz CT molecular complexity index is 1040. The van der Waals surface area contributed by atoms with Crippen LogP contribution in [0, 0.1) is 6.42 Å². The summed E-state index contributed by atoms with van der Waals surface area (Å²) in [5.74, 6) is -2.23. The zero-order valence-corrected chi connectivity index (χ0v) is 17.8. The van der Waals surface area contributed by atoms with Crippen molar-refractivity contribution in [1.29, 1.82) is 0 Å². The number of benzene rings is 2. The van der Waals surface area contributed by atoms with Gasteiger partial charge in [-0.3, -0.25) is 19.3 Å². The van der Waals surface area contributed by atoms with E-state index in [1.54, 1.807) is 12.1 Å². The van der Waals surface area contributed by atoms with Gasteiger partial charge in [-0.1, -0.05) is 36.4 Å². The number of rotatable bonds is 7. The molecule has 1 aliphatic rings. The van der Waals surface area contributed by atoms with Gasteiger partial charge in [0.1, 0.15) is 17.8 Å². The fraction of sp³-hybridized carbons (Fsp3) is 0.304. The summed E-state index contributed by atoms with van der Waals surface area (Å²) in [6.07, 6.45) is -3.10. The van der Waals surface area contributed by atoms with E-state index >= 15 is 0 Å². The monoisotopic (exact) mass is 462 g/mol. The molecule has 0 bridgehead atoms. The third-order valence-corrected chi connectivity index (χ3v) is 5.31. The number of hydrogen-bond acceptors (Lipinski definition) is 4. The van der Waals surface area contributed by atoms with E-state index in [0.29, 0.717) is 12.1 Å². The number of hydrogen-bond donors (Lipinski definition) is 2. The van der Waals surface area contributed by atoms with Gasteiger partial charge >= 0.3 is 6.36 Å². The van der Waals surface area contributed by atoms with Crippen molar-refractivity contribution >= 4 is 23.4 Å². The molecule has 0 saturated carbocycles. The number of nitrogens with zero attached hydrogens (tertiary/aromatic N) is 1. The second-order valence-corrected chi connectivity index (χ2v) is 7.58. The van der Waals surface area contributed by atoms with Crippen LogP contribution in [0.25, 0.3) is 0 Å². The Labute approximate surface area is 188 Å². The summed E-state index contributed by atoms with van der Waals surface area (Å²) >= 11 is 0. The highest BCUT2D eigenvalue weighted by Gasteiger charge is 2.36. The molecular formula is C23H23F3N3O4. The number of fused-ring (bicyclic) bond motifs is 1. The van der Waals surface area contributed by atoms with E-state index in [9.17, 15) is 27.6 Å². The van der Waals surface area contributed by atoms with Crippen molar-refractivity contribution in [3.63, 3.8) is 0 Å². The van der Waals surface area contributed by atoms with Gasteiger partial charge in [-0.15, -0.1) is 13.2 Å². The molecule has 0 aliphatic carbocycles. The van der Waals surface area contributed by atoms with Crippen molar-refractivity contribution in [2.45, 2.75) is 44.6 Å². The number of alkyl halides is 3. The van der Waals surface area contributed by atoms with E-state index in [-0.39, 0.29) is 18.4 Å². The van der Waals surface area contributed by atoms with Crippen molar-refractivity contribution in [2.75, 3.05) is 4.90 Å². The lowest BCUT2D eigenvalue weighted by Crippen LogP contribution is -2.54. The van der Waals surface area contributed by atoms with Gasteiger partial charge in [0.25, 0.3) is 0 Å². The van der Waals surface area contributed by atoms with Gasteiger partial charge in [0, 0.05) is 5.69 Å². The number of para-hydroxylation sites is 2. The number of ether oxygens (including phenoxy) is 1. The average Bonchev–Trinajstić information content (AvgIpc) is 2.88. The fourth-order valence-corrected chi connectivity index (χ4v) is 3.66. The molecule has 33 heavy (non-hydrogen) atoms. The molecule has 1 aliphatic heterocycles. The lowest BCUT2D eigenvalue weighted by Gasteiger charge is -2.30. The Balaban J connectivity index is 1.72. The SMILES string of the molecule is C[C@H](C(N)=O)N1C(=O)[C@H](NC(=O)[CH]Cc2ccccc2OC(F)(F)F)CCc2ccccc21. The highest BCUT2D eigenvalue weighted by Crippen LogP contribution is 2.29. The van der Waals surface area contributed by atoms with Gasteiger partial charge in [0.05, 0.1) is 6.42 Å². The van der Waals surface area contributed by atoms with Crippen molar-refractivity contribution in [3.05, 3.63) is 66.1 Å². The normalized spacial score (nSPS) is 17.0. The second kappa shape index (κ2) is 9.93. The van der Waals surface area contributed by atoms with Crippen LogP contribution < -0.4 is 20.7 Å². The van der Waals surface area contributed by atoms with E-state index in [2.05, 4.69) is 10.1 Å². The van der Waals surface area contributed by atoms with Crippen LogP contribution in [0.1, 0.15) is 24.5 Å². The van der Waals surface area contributed by atoms with Gasteiger partial charge in [0.15, 0.2) is 0 Å². The van der Waals surface area contributed by atoms with E-state index in [4.69, 9.17) is 5.73 Å². The van der Waals surface area contributed by atoms with Gasteiger partial charge < -0.3 is 15.8 Å². The molecule has 0 spiro atoms. The van der Waals surface area contributed by atoms with E-state index < -0.39 is 41.9 Å². The average molecular weight is 462 g/mol. The quantitative estimate of drug-likeness (QED) is 0.661. The van der Waals surface area contributed by atoms with E-state index in [1.807, 2.05) is 12.1 Å². The number of primary amides is 1. The number of carbonyl (C=O) groups is 3. The predicted octanol–water partition coefficient (Wildman–Crippen LogP) is 2.67. The fourth-order valence-electron chi connectivity index (χ4n) is 3.66. The molecule has 7 nitrogen and oxygen atoms in total. The minimum Gasteiger partial charge on any atom is -0.406 e. The maximum absolute atomic E-state index is 13.2. The highest BCUT2D eigenvalue weighted by molar-refractivity contribution is 6.05. The minimum absolute atomic E-state index is 0.138. The Hall–Kier alpha value is -3.56. The molecule has 2 aromatic rings. The summed E-state index contributed by atoms with van der Waals surface area (Å²) < 4.78 is 41.8. The molecule has 0 fully saturated rings. The molecule has 2 atom stereocenters. The molecule has 2 aromatic carbocycles. The van der Waals surface area contributed by atoms with Crippen molar-refractivity contribution in [3.8, 4) is 5.75 Å². The third kappa shape index (κ3) is 6.03. The maximum atomic E-state index is 13.2. The summed E-state index contributed by atoms with van der Waals surface area (Å²) in [6, 6.07) is 10.7. The van der Waals surface area contributed by atoms with Crippen molar-refractivity contribution < 1.29 is 32.3 Å². The molecule has 1 radical (unpaired) electrons. The van der Waals surface area contributed by atoms with Crippen LogP contribution in [0.3, 0.4) is 0 Å².